The third-order valence-electron chi connectivity index (χ3n) is 3.66. The summed E-state index contributed by atoms with van der Waals surface area (Å²) in [7, 11) is 1.39. The minimum atomic E-state index is -0.315. The summed E-state index contributed by atoms with van der Waals surface area (Å²) in [5.41, 5.74) is 6.71. The number of aromatic hydroxyl groups is 1. The molecule has 0 aliphatic heterocycles. The van der Waals surface area contributed by atoms with Crippen LogP contribution in [-0.4, -0.2) is 16.8 Å². The molecule has 114 valence electrons. The first-order chi connectivity index (χ1) is 10.1. The minimum absolute atomic E-state index is 0.0113. The van der Waals surface area contributed by atoms with Gasteiger partial charge in [0.15, 0.2) is 5.75 Å². The average molecular weight is 290 g/mol. The van der Waals surface area contributed by atoms with Gasteiger partial charge in [-0.05, 0) is 24.6 Å². The van der Waals surface area contributed by atoms with Gasteiger partial charge in [0.2, 0.25) is 5.75 Å². The topological polar surface area (TPSA) is 77.5 Å². The number of aromatic nitrogens is 1. The molecule has 0 aliphatic carbocycles. The molecule has 0 fully saturated rings. The van der Waals surface area contributed by atoms with E-state index in [4.69, 9.17) is 10.5 Å². The first-order valence-corrected chi connectivity index (χ1v) is 7.29. The maximum Gasteiger partial charge on any atom is 0.297 e. The lowest BCUT2D eigenvalue weighted by atomic mass is 10.1. The number of methoxy groups -OCH3 is 1. The number of nitrogens with two attached hydrogens (primary N) is 1. The second-order valence-corrected chi connectivity index (χ2v) is 5.18. The Kier molecular flexibility index (Phi) is 4.73. The van der Waals surface area contributed by atoms with E-state index in [2.05, 4.69) is 6.92 Å². The number of fused-ring (bicyclic) bond motifs is 1. The molecular weight excluding hydrogens is 268 g/mol. The third-order valence-corrected chi connectivity index (χ3v) is 3.66. The highest BCUT2D eigenvalue weighted by Gasteiger charge is 2.16. The van der Waals surface area contributed by atoms with Crippen LogP contribution in [0.1, 0.15) is 32.6 Å². The smallest absolute Gasteiger partial charge is 0.297 e. The van der Waals surface area contributed by atoms with E-state index >= 15 is 0 Å². The van der Waals surface area contributed by atoms with Gasteiger partial charge in [-0.15, -0.1) is 0 Å². The van der Waals surface area contributed by atoms with Gasteiger partial charge in [-0.2, -0.15) is 0 Å². The number of benzene rings is 1. The maximum atomic E-state index is 12.4. The molecule has 0 bridgehead atoms. The van der Waals surface area contributed by atoms with Crippen molar-refractivity contribution in [2.75, 3.05) is 12.8 Å². The largest absolute Gasteiger partial charge is 0.504 e. The zero-order chi connectivity index (χ0) is 15.4. The lowest BCUT2D eigenvalue weighted by molar-refractivity contribution is 0.366. The van der Waals surface area contributed by atoms with Crippen LogP contribution in [-0.2, 0) is 6.54 Å². The second-order valence-electron chi connectivity index (χ2n) is 5.18. The first-order valence-electron chi connectivity index (χ1n) is 7.29. The molecule has 0 saturated carbocycles. The van der Waals surface area contributed by atoms with Crippen molar-refractivity contribution in [2.45, 2.75) is 39.2 Å². The molecule has 0 saturated heterocycles. The predicted octanol–water partition coefficient (Wildman–Crippen LogP) is 2.88. The van der Waals surface area contributed by atoms with Gasteiger partial charge >= 0.3 is 0 Å². The summed E-state index contributed by atoms with van der Waals surface area (Å²) in [6.07, 6.45) is 4.26. The van der Waals surface area contributed by atoms with Crippen LogP contribution in [0.4, 0.5) is 5.69 Å². The molecule has 2 aromatic rings. The molecule has 0 aliphatic rings. The highest BCUT2D eigenvalue weighted by atomic mass is 16.5. The molecule has 21 heavy (non-hydrogen) atoms. The van der Waals surface area contributed by atoms with Gasteiger partial charge in [-0.3, -0.25) is 4.79 Å². The van der Waals surface area contributed by atoms with Crippen molar-refractivity contribution in [3.05, 3.63) is 28.6 Å². The Morgan fingerprint density at radius 1 is 1.29 bits per heavy atom. The van der Waals surface area contributed by atoms with E-state index in [1.54, 1.807) is 22.8 Å². The molecule has 1 aromatic heterocycles. The van der Waals surface area contributed by atoms with E-state index in [1.807, 2.05) is 0 Å². The zero-order valence-corrected chi connectivity index (χ0v) is 12.6. The average Bonchev–Trinajstić information content (AvgIpc) is 2.46. The van der Waals surface area contributed by atoms with E-state index in [-0.39, 0.29) is 17.1 Å². The van der Waals surface area contributed by atoms with Crippen LogP contribution in [0.25, 0.3) is 10.9 Å². The van der Waals surface area contributed by atoms with E-state index < -0.39 is 0 Å². The van der Waals surface area contributed by atoms with Crippen LogP contribution in [0, 0.1) is 0 Å². The summed E-state index contributed by atoms with van der Waals surface area (Å²) < 4.78 is 6.71. The Hall–Kier alpha value is -2.17. The maximum absolute atomic E-state index is 12.4. The van der Waals surface area contributed by atoms with E-state index in [9.17, 15) is 9.90 Å². The third kappa shape index (κ3) is 2.96. The number of pyridine rings is 1. The monoisotopic (exact) mass is 290 g/mol. The van der Waals surface area contributed by atoms with Gasteiger partial charge in [0.05, 0.1) is 12.6 Å². The van der Waals surface area contributed by atoms with Gasteiger partial charge in [0.25, 0.3) is 5.56 Å². The zero-order valence-electron chi connectivity index (χ0n) is 12.6. The molecule has 1 aromatic carbocycles. The molecule has 0 radical (unpaired) electrons. The van der Waals surface area contributed by atoms with Gasteiger partial charge < -0.3 is 20.1 Å². The summed E-state index contributed by atoms with van der Waals surface area (Å²) in [5.74, 6) is -0.134. The SMILES string of the molecule is CCCCCCn1c(=O)c(OC)c(O)c2ccc(N)cc21. The number of nitrogen functional groups attached to an aromatic ring is 1. The Morgan fingerprint density at radius 2 is 2.05 bits per heavy atom. The molecule has 2 rings (SSSR count). The first kappa shape index (κ1) is 15.2. The number of unbranched alkanes of at least 4 members (excludes halogenated alkanes) is 3. The van der Waals surface area contributed by atoms with Crippen molar-refractivity contribution in [1.29, 1.82) is 0 Å². The predicted molar refractivity (Wildman–Crippen MR) is 85.0 cm³/mol. The number of ether oxygens (including phenoxy) is 1. The van der Waals surface area contributed by atoms with Crippen LogP contribution in [0.2, 0.25) is 0 Å². The lowest BCUT2D eigenvalue weighted by Gasteiger charge is -2.14. The van der Waals surface area contributed by atoms with E-state index in [0.717, 1.165) is 25.7 Å². The van der Waals surface area contributed by atoms with E-state index in [0.29, 0.717) is 23.1 Å². The van der Waals surface area contributed by atoms with E-state index in [1.165, 1.54) is 7.11 Å². The highest BCUT2D eigenvalue weighted by molar-refractivity contribution is 5.89. The summed E-state index contributed by atoms with van der Waals surface area (Å²) in [6.45, 7) is 2.74. The van der Waals surface area contributed by atoms with Crippen molar-refractivity contribution >= 4 is 16.6 Å². The number of hydrogen-bond donors (Lipinski definition) is 2. The number of aryl methyl sites for hydroxylation is 1. The molecule has 0 atom stereocenters. The molecule has 0 unspecified atom stereocenters. The number of nitrogens with zero attached hydrogens (tertiary/aromatic N) is 1. The van der Waals surface area contributed by atoms with Gasteiger partial charge in [-0.25, -0.2) is 0 Å². The quantitative estimate of drug-likeness (QED) is 0.633. The summed E-state index contributed by atoms with van der Waals surface area (Å²) in [4.78, 5) is 12.4. The van der Waals surface area contributed by atoms with Crippen LogP contribution in [0.15, 0.2) is 23.0 Å². The van der Waals surface area contributed by atoms with Crippen molar-refractivity contribution in [3.63, 3.8) is 0 Å². The van der Waals surface area contributed by atoms with Crippen LogP contribution in [0.3, 0.4) is 0 Å². The van der Waals surface area contributed by atoms with Gasteiger partial charge in [0, 0.05) is 17.6 Å². The summed E-state index contributed by atoms with van der Waals surface area (Å²) in [5, 5.41) is 10.8. The molecule has 5 heteroatoms. The highest BCUT2D eigenvalue weighted by Crippen LogP contribution is 2.32. The number of hydrogen-bond acceptors (Lipinski definition) is 4. The summed E-state index contributed by atoms with van der Waals surface area (Å²) in [6, 6.07) is 5.13. The molecule has 0 amide bonds. The minimum Gasteiger partial charge on any atom is -0.504 e. The van der Waals surface area contributed by atoms with Crippen LogP contribution < -0.4 is 16.0 Å². The summed E-state index contributed by atoms with van der Waals surface area (Å²) >= 11 is 0. The molecule has 0 spiro atoms. The van der Waals surface area contributed by atoms with Crippen molar-refractivity contribution in [3.8, 4) is 11.5 Å². The van der Waals surface area contributed by atoms with Crippen LogP contribution in [0.5, 0.6) is 11.5 Å². The second kappa shape index (κ2) is 6.52. The van der Waals surface area contributed by atoms with Gasteiger partial charge in [0.1, 0.15) is 0 Å². The Bertz CT molecular complexity index is 692. The van der Waals surface area contributed by atoms with Crippen molar-refractivity contribution in [1.82, 2.24) is 4.57 Å². The number of rotatable bonds is 6. The van der Waals surface area contributed by atoms with Crippen molar-refractivity contribution in [2.24, 2.45) is 0 Å². The van der Waals surface area contributed by atoms with Crippen molar-refractivity contribution < 1.29 is 9.84 Å². The Labute approximate surface area is 124 Å². The Morgan fingerprint density at radius 3 is 2.71 bits per heavy atom. The fraction of sp³-hybridized carbons (Fsp3) is 0.438. The molecular formula is C16H22N2O3. The normalized spacial score (nSPS) is 11.0. The standard InChI is InChI=1S/C16H22N2O3/c1-3-4-5-6-9-18-13-10-11(17)7-8-12(13)14(19)15(21-2)16(18)20/h7-8,10,19H,3-6,9,17H2,1-2H3. The van der Waals surface area contributed by atoms with Crippen LogP contribution >= 0.6 is 0 Å². The Balaban J connectivity index is 2.55. The fourth-order valence-electron chi connectivity index (χ4n) is 2.53. The molecule has 1 heterocycles. The fourth-order valence-corrected chi connectivity index (χ4v) is 2.53. The van der Waals surface area contributed by atoms with Gasteiger partial charge in [-0.1, -0.05) is 26.2 Å². The number of anilines is 1. The lowest BCUT2D eigenvalue weighted by Crippen LogP contribution is -2.22. The molecule has 3 N–H and O–H groups in total. The molecule has 5 nitrogen and oxygen atoms in total.